The maximum Gasteiger partial charge on any atom is 0.263 e. The molecule has 1 aliphatic carbocycles. The molecule has 1 saturated carbocycles. The van der Waals surface area contributed by atoms with Gasteiger partial charge >= 0.3 is 0 Å². The highest BCUT2D eigenvalue weighted by Crippen LogP contribution is 2.39. The molecule has 0 saturated heterocycles. The Hall–Kier alpha value is -2.10. The Bertz CT molecular complexity index is 957. The maximum atomic E-state index is 13.2. The van der Waals surface area contributed by atoms with E-state index in [4.69, 9.17) is 11.6 Å². The summed E-state index contributed by atoms with van der Waals surface area (Å²) in [6.07, 6.45) is 3.30. The van der Waals surface area contributed by atoms with Crippen molar-refractivity contribution in [3.8, 4) is 5.69 Å². The Balaban J connectivity index is 2.10. The molecule has 0 aliphatic heterocycles. The third-order valence-electron chi connectivity index (χ3n) is 4.90. The standard InChI is InChI=1S/C20H18ClNO2/c21-15-9-8-14-12-18(20(24)10-4-5-11-20)22(19(23)17(14)13-15)16-6-2-1-3-7-16/h1-3,6-9,12-13,24H,4-5,10-11H2. The number of aliphatic hydroxyl groups is 1. The van der Waals surface area contributed by atoms with Gasteiger partial charge in [-0.3, -0.25) is 9.36 Å². The quantitative estimate of drug-likeness (QED) is 0.751. The van der Waals surface area contributed by atoms with Gasteiger partial charge in [0.15, 0.2) is 0 Å². The zero-order valence-electron chi connectivity index (χ0n) is 13.2. The summed E-state index contributed by atoms with van der Waals surface area (Å²) in [5, 5.41) is 13.1. The molecule has 1 heterocycles. The van der Waals surface area contributed by atoms with Crippen molar-refractivity contribution in [2.75, 3.05) is 0 Å². The number of pyridine rings is 1. The number of hydrogen-bond donors (Lipinski definition) is 1. The maximum absolute atomic E-state index is 13.2. The van der Waals surface area contributed by atoms with Gasteiger partial charge in [0.25, 0.3) is 5.56 Å². The largest absolute Gasteiger partial charge is 0.384 e. The smallest absolute Gasteiger partial charge is 0.263 e. The van der Waals surface area contributed by atoms with Crippen LogP contribution in [-0.2, 0) is 5.60 Å². The van der Waals surface area contributed by atoms with Crippen molar-refractivity contribution in [2.45, 2.75) is 31.3 Å². The highest BCUT2D eigenvalue weighted by molar-refractivity contribution is 6.31. The summed E-state index contributed by atoms with van der Waals surface area (Å²) in [6.45, 7) is 0. The molecular formula is C20H18ClNO2. The van der Waals surface area contributed by atoms with Crippen LogP contribution in [0.1, 0.15) is 31.4 Å². The number of fused-ring (bicyclic) bond motifs is 1. The molecule has 0 amide bonds. The minimum atomic E-state index is -0.956. The van der Waals surface area contributed by atoms with Crippen LogP contribution in [0, 0.1) is 0 Å². The van der Waals surface area contributed by atoms with E-state index in [0.717, 1.165) is 23.9 Å². The van der Waals surface area contributed by atoms with E-state index in [2.05, 4.69) is 0 Å². The molecule has 3 nitrogen and oxygen atoms in total. The van der Waals surface area contributed by atoms with E-state index in [-0.39, 0.29) is 5.56 Å². The molecule has 0 atom stereocenters. The molecule has 1 N–H and O–H groups in total. The van der Waals surface area contributed by atoms with Gasteiger partial charge in [-0.15, -0.1) is 0 Å². The van der Waals surface area contributed by atoms with Crippen molar-refractivity contribution in [1.29, 1.82) is 0 Å². The molecule has 3 aromatic rings. The lowest BCUT2D eigenvalue weighted by Crippen LogP contribution is -2.32. The second-order valence-corrected chi connectivity index (χ2v) is 6.91. The fourth-order valence-corrected chi connectivity index (χ4v) is 3.85. The summed E-state index contributed by atoms with van der Waals surface area (Å²) < 4.78 is 1.64. The van der Waals surface area contributed by atoms with Crippen molar-refractivity contribution >= 4 is 22.4 Å². The topological polar surface area (TPSA) is 42.2 Å². The van der Waals surface area contributed by atoms with E-state index < -0.39 is 5.60 Å². The van der Waals surface area contributed by atoms with Gasteiger partial charge in [0.05, 0.1) is 5.69 Å². The number of para-hydroxylation sites is 1. The van der Waals surface area contributed by atoms with Gasteiger partial charge in [0.1, 0.15) is 5.60 Å². The second-order valence-electron chi connectivity index (χ2n) is 6.48. The zero-order valence-corrected chi connectivity index (χ0v) is 14.0. The molecule has 0 bridgehead atoms. The molecule has 0 unspecified atom stereocenters. The molecule has 1 aliphatic rings. The van der Waals surface area contributed by atoms with Crippen LogP contribution in [0.2, 0.25) is 5.02 Å². The zero-order chi connectivity index (χ0) is 16.7. The number of nitrogens with zero attached hydrogens (tertiary/aromatic N) is 1. The highest BCUT2D eigenvalue weighted by Gasteiger charge is 2.36. The van der Waals surface area contributed by atoms with Crippen LogP contribution in [0.5, 0.6) is 0 Å². The van der Waals surface area contributed by atoms with Crippen LogP contribution < -0.4 is 5.56 Å². The third kappa shape index (κ3) is 2.45. The minimum absolute atomic E-state index is 0.142. The van der Waals surface area contributed by atoms with Crippen molar-refractivity contribution in [3.63, 3.8) is 0 Å². The van der Waals surface area contributed by atoms with Crippen LogP contribution in [0.3, 0.4) is 0 Å². The molecule has 0 spiro atoms. The molecule has 24 heavy (non-hydrogen) atoms. The van der Waals surface area contributed by atoms with Gasteiger partial charge in [0, 0.05) is 16.1 Å². The summed E-state index contributed by atoms with van der Waals surface area (Å²) in [5.41, 5.74) is 0.338. The van der Waals surface area contributed by atoms with Gasteiger partial charge < -0.3 is 5.11 Å². The number of benzene rings is 2. The monoisotopic (exact) mass is 339 g/mol. The SMILES string of the molecule is O=c1c2cc(Cl)ccc2cc(C2(O)CCCC2)n1-c1ccccc1. The fourth-order valence-electron chi connectivity index (χ4n) is 3.67. The van der Waals surface area contributed by atoms with Crippen LogP contribution in [0.25, 0.3) is 16.5 Å². The highest BCUT2D eigenvalue weighted by atomic mass is 35.5. The Labute approximate surface area is 145 Å². The number of hydrogen-bond acceptors (Lipinski definition) is 2. The third-order valence-corrected chi connectivity index (χ3v) is 5.14. The molecule has 1 fully saturated rings. The Morgan fingerprint density at radius 2 is 1.71 bits per heavy atom. The molecular weight excluding hydrogens is 322 g/mol. The van der Waals surface area contributed by atoms with E-state index in [1.54, 1.807) is 16.7 Å². The van der Waals surface area contributed by atoms with Gasteiger partial charge in [-0.25, -0.2) is 0 Å². The van der Waals surface area contributed by atoms with Gasteiger partial charge in [0.2, 0.25) is 0 Å². The van der Waals surface area contributed by atoms with E-state index >= 15 is 0 Å². The average Bonchev–Trinajstić information content (AvgIpc) is 3.04. The molecule has 2 aromatic carbocycles. The van der Waals surface area contributed by atoms with Crippen molar-refractivity contribution in [3.05, 3.63) is 75.7 Å². The molecule has 4 rings (SSSR count). The minimum Gasteiger partial charge on any atom is -0.384 e. The summed E-state index contributed by atoms with van der Waals surface area (Å²) in [4.78, 5) is 13.2. The molecule has 1 aromatic heterocycles. The van der Waals surface area contributed by atoms with E-state index in [1.807, 2.05) is 42.5 Å². The summed E-state index contributed by atoms with van der Waals surface area (Å²) >= 11 is 6.09. The average molecular weight is 340 g/mol. The summed E-state index contributed by atoms with van der Waals surface area (Å²) in [5.74, 6) is 0. The summed E-state index contributed by atoms with van der Waals surface area (Å²) in [6, 6.07) is 16.7. The van der Waals surface area contributed by atoms with Crippen LogP contribution in [0.4, 0.5) is 0 Å². The van der Waals surface area contributed by atoms with Crippen LogP contribution in [0.15, 0.2) is 59.4 Å². The first kappa shape index (κ1) is 15.4. The molecule has 0 radical (unpaired) electrons. The first-order chi connectivity index (χ1) is 11.6. The lowest BCUT2D eigenvalue weighted by atomic mass is 9.94. The predicted molar refractivity (Wildman–Crippen MR) is 96.9 cm³/mol. The molecule has 4 heteroatoms. The first-order valence-corrected chi connectivity index (χ1v) is 8.60. The Morgan fingerprint density at radius 1 is 1.00 bits per heavy atom. The number of aromatic nitrogens is 1. The van der Waals surface area contributed by atoms with Crippen molar-refractivity contribution in [2.24, 2.45) is 0 Å². The number of rotatable bonds is 2. The normalized spacial score (nSPS) is 16.6. The number of halogens is 1. The summed E-state index contributed by atoms with van der Waals surface area (Å²) in [7, 11) is 0. The van der Waals surface area contributed by atoms with Crippen LogP contribution >= 0.6 is 11.6 Å². The van der Waals surface area contributed by atoms with E-state index in [0.29, 0.717) is 28.9 Å². The predicted octanol–water partition coefficient (Wildman–Crippen LogP) is 4.41. The molecule has 122 valence electrons. The van der Waals surface area contributed by atoms with E-state index in [9.17, 15) is 9.90 Å². The lowest BCUT2D eigenvalue weighted by molar-refractivity contribution is 0.0376. The Kier molecular flexibility index (Phi) is 3.70. The van der Waals surface area contributed by atoms with Crippen molar-refractivity contribution in [1.82, 2.24) is 4.57 Å². The second kappa shape index (κ2) is 5.76. The Morgan fingerprint density at radius 3 is 2.42 bits per heavy atom. The van der Waals surface area contributed by atoms with Gasteiger partial charge in [-0.05, 0) is 48.6 Å². The fraction of sp³-hybridized carbons (Fsp3) is 0.250. The van der Waals surface area contributed by atoms with Gasteiger partial charge in [-0.2, -0.15) is 0 Å². The van der Waals surface area contributed by atoms with Crippen LogP contribution in [-0.4, -0.2) is 9.67 Å². The van der Waals surface area contributed by atoms with Crippen molar-refractivity contribution < 1.29 is 5.11 Å². The van der Waals surface area contributed by atoms with Gasteiger partial charge in [-0.1, -0.05) is 48.7 Å². The van der Waals surface area contributed by atoms with E-state index in [1.165, 1.54) is 0 Å². The lowest BCUT2D eigenvalue weighted by Gasteiger charge is -2.27. The first-order valence-electron chi connectivity index (χ1n) is 8.22.